The van der Waals surface area contributed by atoms with Crippen LogP contribution in [0.3, 0.4) is 0 Å². The first-order valence-corrected chi connectivity index (χ1v) is 6.14. The number of hydrogen-bond acceptors (Lipinski definition) is 2. The molecule has 2 N–H and O–H groups in total. The van der Waals surface area contributed by atoms with Gasteiger partial charge < -0.3 is 10.6 Å². The summed E-state index contributed by atoms with van der Waals surface area (Å²) in [5, 5.41) is 0. The van der Waals surface area contributed by atoms with Crippen molar-refractivity contribution in [1.29, 1.82) is 0 Å². The van der Waals surface area contributed by atoms with E-state index in [1.165, 1.54) is 6.92 Å². The quantitative estimate of drug-likeness (QED) is 0.804. The van der Waals surface area contributed by atoms with E-state index in [2.05, 4.69) is 0 Å². The van der Waals surface area contributed by atoms with Gasteiger partial charge in [0.05, 0.1) is 5.54 Å². The lowest BCUT2D eigenvalue weighted by Gasteiger charge is -2.33. The Morgan fingerprint density at radius 2 is 1.83 bits per heavy atom. The molecule has 1 atom stereocenters. The maximum absolute atomic E-state index is 12.5. The number of amides is 1. The van der Waals surface area contributed by atoms with Crippen LogP contribution in [0.25, 0.3) is 0 Å². The highest BCUT2D eigenvalue weighted by Crippen LogP contribution is 2.21. The van der Waals surface area contributed by atoms with Crippen LogP contribution >= 0.6 is 0 Å². The second kappa shape index (κ2) is 6.41. The van der Waals surface area contributed by atoms with Gasteiger partial charge in [-0.2, -0.15) is 13.2 Å². The molecule has 0 aliphatic heterocycles. The van der Waals surface area contributed by atoms with Crippen LogP contribution in [0.4, 0.5) is 13.2 Å². The first-order chi connectivity index (χ1) is 7.99. The minimum atomic E-state index is -4.40. The third-order valence-electron chi connectivity index (χ3n) is 2.50. The Kier molecular flexibility index (Phi) is 6.13. The van der Waals surface area contributed by atoms with Gasteiger partial charge in [-0.05, 0) is 19.3 Å². The number of nitrogens with two attached hydrogens (primary N) is 1. The first kappa shape index (κ1) is 17.2. The van der Waals surface area contributed by atoms with Crippen molar-refractivity contribution in [1.82, 2.24) is 4.90 Å². The van der Waals surface area contributed by atoms with Crippen molar-refractivity contribution in [3.8, 4) is 0 Å². The van der Waals surface area contributed by atoms with E-state index in [1.807, 2.05) is 6.92 Å². The number of rotatable bonds is 6. The van der Waals surface area contributed by atoms with Gasteiger partial charge >= 0.3 is 6.18 Å². The molecule has 0 saturated heterocycles. The van der Waals surface area contributed by atoms with E-state index in [0.29, 0.717) is 12.8 Å². The second-order valence-corrected chi connectivity index (χ2v) is 5.36. The molecule has 0 fully saturated rings. The molecule has 0 radical (unpaired) electrons. The van der Waals surface area contributed by atoms with Crippen LogP contribution in [-0.2, 0) is 4.79 Å². The molecule has 0 heterocycles. The lowest BCUT2D eigenvalue weighted by Crippen LogP contribution is -2.55. The molecule has 0 aliphatic carbocycles. The predicted molar refractivity (Wildman–Crippen MR) is 65.0 cm³/mol. The third kappa shape index (κ3) is 6.23. The van der Waals surface area contributed by atoms with Gasteiger partial charge in [0.1, 0.15) is 6.54 Å². The molecule has 108 valence electrons. The fourth-order valence-corrected chi connectivity index (χ4v) is 1.86. The highest BCUT2D eigenvalue weighted by molar-refractivity contribution is 5.85. The van der Waals surface area contributed by atoms with Crippen LogP contribution in [0.2, 0.25) is 0 Å². The van der Waals surface area contributed by atoms with Gasteiger partial charge in [0.2, 0.25) is 5.91 Å². The van der Waals surface area contributed by atoms with Crippen LogP contribution in [0, 0.1) is 5.92 Å². The Hall–Kier alpha value is -0.780. The lowest BCUT2D eigenvalue weighted by atomic mass is 9.95. The number of nitrogens with zero attached hydrogens (tertiary/aromatic N) is 1. The van der Waals surface area contributed by atoms with E-state index in [0.717, 1.165) is 4.90 Å². The van der Waals surface area contributed by atoms with Crippen LogP contribution in [-0.4, -0.2) is 35.6 Å². The normalized spacial score (nSPS) is 15.6. The Balaban J connectivity index is 4.90. The molecule has 1 amide bonds. The molecule has 0 aliphatic rings. The molecule has 18 heavy (non-hydrogen) atoms. The largest absolute Gasteiger partial charge is 0.406 e. The van der Waals surface area contributed by atoms with Crippen molar-refractivity contribution in [2.24, 2.45) is 11.7 Å². The Labute approximate surface area is 107 Å². The summed E-state index contributed by atoms with van der Waals surface area (Å²) >= 11 is 0. The molecule has 0 spiro atoms. The average Bonchev–Trinajstić information content (AvgIpc) is 2.12. The highest BCUT2D eigenvalue weighted by Gasteiger charge is 2.38. The van der Waals surface area contributed by atoms with Crippen molar-refractivity contribution in [3.63, 3.8) is 0 Å². The van der Waals surface area contributed by atoms with Gasteiger partial charge in [0, 0.05) is 6.54 Å². The summed E-state index contributed by atoms with van der Waals surface area (Å²) in [6.07, 6.45) is -3.37. The van der Waals surface area contributed by atoms with Crippen LogP contribution < -0.4 is 5.73 Å². The zero-order chi connectivity index (χ0) is 14.6. The van der Waals surface area contributed by atoms with Crippen molar-refractivity contribution < 1.29 is 18.0 Å². The summed E-state index contributed by atoms with van der Waals surface area (Å²) in [4.78, 5) is 12.9. The molecular formula is C12H23F3N2O. The van der Waals surface area contributed by atoms with Gasteiger partial charge in [0.15, 0.2) is 0 Å². The topological polar surface area (TPSA) is 46.3 Å². The molecule has 0 aromatic heterocycles. The summed E-state index contributed by atoms with van der Waals surface area (Å²) in [6.45, 7) is 5.70. The van der Waals surface area contributed by atoms with Crippen molar-refractivity contribution in [2.45, 2.75) is 52.3 Å². The molecule has 0 aromatic rings. The Morgan fingerprint density at radius 1 is 1.33 bits per heavy atom. The summed E-state index contributed by atoms with van der Waals surface area (Å²) in [6, 6.07) is 0. The molecule has 0 saturated carbocycles. The standard InChI is InChI=1S/C12H23F3N2O/c1-5-6-11(4,16)10(18)17(7-9(2)3)8-12(13,14)15/h9H,5-8,16H2,1-4H3. The maximum atomic E-state index is 12.5. The Bertz CT molecular complexity index is 275. The molecule has 0 aromatic carbocycles. The molecule has 6 heteroatoms. The highest BCUT2D eigenvalue weighted by atomic mass is 19.4. The van der Waals surface area contributed by atoms with Crippen molar-refractivity contribution in [2.75, 3.05) is 13.1 Å². The third-order valence-corrected chi connectivity index (χ3v) is 2.50. The molecule has 3 nitrogen and oxygen atoms in total. The van der Waals surface area contributed by atoms with E-state index in [4.69, 9.17) is 5.73 Å². The van der Waals surface area contributed by atoms with Crippen LogP contribution in [0.15, 0.2) is 0 Å². The molecule has 0 bridgehead atoms. The van der Waals surface area contributed by atoms with E-state index < -0.39 is 24.2 Å². The van der Waals surface area contributed by atoms with Crippen molar-refractivity contribution in [3.05, 3.63) is 0 Å². The Morgan fingerprint density at radius 3 is 2.17 bits per heavy atom. The average molecular weight is 268 g/mol. The summed E-state index contributed by atoms with van der Waals surface area (Å²) in [5.74, 6) is -0.663. The van der Waals surface area contributed by atoms with Gasteiger partial charge in [-0.1, -0.05) is 27.2 Å². The minimum Gasteiger partial charge on any atom is -0.332 e. The molecule has 1 unspecified atom stereocenters. The predicted octanol–water partition coefficient (Wildman–Crippen LogP) is 2.55. The lowest BCUT2D eigenvalue weighted by molar-refractivity contribution is -0.165. The van der Waals surface area contributed by atoms with Gasteiger partial charge in [0.25, 0.3) is 0 Å². The number of carbonyl (C=O) groups is 1. The monoisotopic (exact) mass is 268 g/mol. The first-order valence-electron chi connectivity index (χ1n) is 6.14. The van der Waals surface area contributed by atoms with Crippen LogP contribution in [0.5, 0.6) is 0 Å². The summed E-state index contributed by atoms with van der Waals surface area (Å²) in [5.41, 5.74) is 4.58. The fraction of sp³-hybridized carbons (Fsp3) is 0.917. The van der Waals surface area contributed by atoms with Crippen molar-refractivity contribution >= 4 is 5.91 Å². The smallest absolute Gasteiger partial charge is 0.332 e. The van der Waals surface area contributed by atoms with E-state index >= 15 is 0 Å². The fourth-order valence-electron chi connectivity index (χ4n) is 1.86. The minimum absolute atomic E-state index is 0.0336. The van der Waals surface area contributed by atoms with Gasteiger partial charge in [-0.25, -0.2) is 0 Å². The van der Waals surface area contributed by atoms with Gasteiger partial charge in [-0.3, -0.25) is 4.79 Å². The zero-order valence-corrected chi connectivity index (χ0v) is 11.5. The number of halogens is 3. The number of alkyl halides is 3. The van der Waals surface area contributed by atoms with Crippen LogP contribution in [0.1, 0.15) is 40.5 Å². The molecular weight excluding hydrogens is 245 g/mol. The summed E-state index contributed by atoms with van der Waals surface area (Å²) < 4.78 is 37.4. The van der Waals surface area contributed by atoms with E-state index in [-0.39, 0.29) is 12.5 Å². The number of hydrogen-bond donors (Lipinski definition) is 1. The van der Waals surface area contributed by atoms with Gasteiger partial charge in [-0.15, -0.1) is 0 Å². The maximum Gasteiger partial charge on any atom is 0.406 e. The molecule has 0 rings (SSSR count). The number of carbonyl (C=O) groups excluding carboxylic acids is 1. The summed E-state index contributed by atoms with van der Waals surface area (Å²) in [7, 11) is 0. The van der Waals surface area contributed by atoms with E-state index in [9.17, 15) is 18.0 Å². The van der Waals surface area contributed by atoms with E-state index in [1.54, 1.807) is 13.8 Å². The SMILES string of the molecule is CCCC(C)(N)C(=O)N(CC(C)C)CC(F)(F)F. The zero-order valence-electron chi connectivity index (χ0n) is 11.5. The second-order valence-electron chi connectivity index (χ2n) is 5.36.